The molecule has 95 heavy (non-hydrogen) atoms. The van der Waals surface area contributed by atoms with Gasteiger partial charge < -0.3 is 18.3 Å². The lowest BCUT2D eigenvalue weighted by Crippen LogP contribution is -2.07. The molecule has 0 aliphatic carbocycles. The molecule has 0 amide bonds. The van der Waals surface area contributed by atoms with Gasteiger partial charge in [-0.3, -0.25) is 4.98 Å². The van der Waals surface area contributed by atoms with E-state index in [1.807, 2.05) is 13.0 Å². The zero-order valence-corrected chi connectivity index (χ0v) is 53.3. The molecule has 0 N–H and O–H groups in total. The van der Waals surface area contributed by atoms with E-state index in [2.05, 4.69) is 331 Å². The van der Waals surface area contributed by atoms with E-state index in [1.54, 1.807) is 0 Å². The maximum Gasteiger partial charge on any atom is 0.101 e. The van der Waals surface area contributed by atoms with Crippen LogP contribution in [0.5, 0.6) is 0 Å². The Hall–Kier alpha value is -12.3. The number of fused-ring (bicyclic) bond motifs is 12. The smallest absolute Gasteiger partial charge is 0.101 e. The highest BCUT2D eigenvalue weighted by Crippen LogP contribution is 2.55. The summed E-state index contributed by atoms with van der Waals surface area (Å²) in [4.78, 5) is 5.51. The first-order valence-electron chi connectivity index (χ1n) is 32.7. The van der Waals surface area contributed by atoms with Gasteiger partial charge in [-0.15, -0.1) is 0 Å². The molecule has 5 aromatic heterocycles. The minimum atomic E-state index is 0.520. The number of aryl methyl sites for hydroxylation is 5. The molecule has 18 aromatic rings. The fourth-order valence-corrected chi connectivity index (χ4v) is 15.7. The summed E-state index contributed by atoms with van der Waals surface area (Å²) in [6.45, 7) is 10.7. The van der Waals surface area contributed by atoms with Crippen molar-refractivity contribution in [3.63, 3.8) is 0 Å². The molecule has 6 nitrogen and oxygen atoms in total. The van der Waals surface area contributed by atoms with Crippen LogP contribution in [0.1, 0.15) is 33.5 Å². The average molecular weight is 1220 g/mol. The lowest BCUT2D eigenvalue weighted by atomic mass is 9.76. The first-order chi connectivity index (χ1) is 46.7. The van der Waals surface area contributed by atoms with Crippen molar-refractivity contribution in [1.29, 1.82) is 5.26 Å². The highest BCUT2D eigenvalue weighted by molar-refractivity contribution is 6.17. The molecule has 0 aliphatic rings. The van der Waals surface area contributed by atoms with Crippen molar-refractivity contribution in [3.8, 4) is 84.6 Å². The topological polar surface area (TPSA) is 56.4 Å². The van der Waals surface area contributed by atoms with Gasteiger partial charge in [-0.1, -0.05) is 186 Å². The quantitative estimate of drug-likeness (QED) is 0.145. The Balaban J connectivity index is 1.02. The van der Waals surface area contributed by atoms with E-state index >= 15 is 0 Å². The SMILES string of the molecule is Cc1ccc2c(c1)c1cc(C)ccc1n2-c1ccc(-c2c(-c3ccccc3-n3c4ccccc4c4ccccc43)c(C#N)c(-c3cccc(C)n3)c(-c3ccccc3-n3c4ccccc4c4ccccc43)c2-c2ccc(-n3c4ccc(C)cc4c4cc(C)ccc43)cc2)cc1. The lowest BCUT2D eigenvalue weighted by molar-refractivity contribution is 1.17. The molecule has 0 fully saturated rings. The first-order valence-corrected chi connectivity index (χ1v) is 32.7. The second-order valence-corrected chi connectivity index (χ2v) is 25.6. The van der Waals surface area contributed by atoms with Crippen molar-refractivity contribution < 1.29 is 0 Å². The molecular formula is C89H62N6. The number of hydrogen-bond donors (Lipinski definition) is 0. The van der Waals surface area contributed by atoms with Gasteiger partial charge in [-0.05, 0) is 178 Å². The molecule has 0 bridgehead atoms. The van der Waals surface area contributed by atoms with Gasteiger partial charge in [0.25, 0.3) is 0 Å². The van der Waals surface area contributed by atoms with E-state index in [4.69, 9.17) is 4.98 Å². The normalized spacial score (nSPS) is 11.8. The van der Waals surface area contributed by atoms with Gasteiger partial charge in [-0.25, -0.2) is 0 Å². The largest absolute Gasteiger partial charge is 0.309 e. The summed E-state index contributed by atoms with van der Waals surface area (Å²) >= 11 is 0. The van der Waals surface area contributed by atoms with Gasteiger partial charge >= 0.3 is 0 Å². The molecule has 0 atom stereocenters. The maximum absolute atomic E-state index is 12.9. The van der Waals surface area contributed by atoms with Crippen LogP contribution in [-0.4, -0.2) is 23.3 Å². The first kappa shape index (κ1) is 55.5. The van der Waals surface area contributed by atoms with Crippen molar-refractivity contribution in [3.05, 3.63) is 319 Å². The molecule has 448 valence electrons. The summed E-state index contributed by atoms with van der Waals surface area (Å²) < 4.78 is 9.64. The molecule has 5 heterocycles. The van der Waals surface area contributed by atoms with Crippen LogP contribution in [0.4, 0.5) is 0 Å². The van der Waals surface area contributed by atoms with Crippen LogP contribution in [-0.2, 0) is 0 Å². The van der Waals surface area contributed by atoms with E-state index in [-0.39, 0.29) is 0 Å². The Labute approximate surface area is 550 Å². The number of hydrogen-bond acceptors (Lipinski definition) is 2. The van der Waals surface area contributed by atoms with E-state index in [0.29, 0.717) is 11.3 Å². The molecule has 18 rings (SSSR count). The monoisotopic (exact) mass is 1210 g/mol. The zero-order chi connectivity index (χ0) is 63.7. The number of para-hydroxylation sites is 6. The van der Waals surface area contributed by atoms with E-state index in [9.17, 15) is 5.26 Å². The van der Waals surface area contributed by atoms with Gasteiger partial charge in [0.1, 0.15) is 6.07 Å². The molecule has 0 aliphatic heterocycles. The summed E-state index contributed by atoms with van der Waals surface area (Å²) in [6, 6.07) is 107. The lowest BCUT2D eigenvalue weighted by Gasteiger charge is -2.28. The highest BCUT2D eigenvalue weighted by atomic mass is 15.0. The third-order valence-corrected chi connectivity index (χ3v) is 19.7. The minimum absolute atomic E-state index is 0.520. The molecule has 0 spiro atoms. The second-order valence-electron chi connectivity index (χ2n) is 25.6. The van der Waals surface area contributed by atoms with E-state index < -0.39 is 0 Å². The molecule has 6 heteroatoms. The van der Waals surface area contributed by atoms with Crippen molar-refractivity contribution in [2.45, 2.75) is 34.6 Å². The molecule has 0 radical (unpaired) electrons. The molecular weight excluding hydrogens is 1150 g/mol. The second kappa shape index (κ2) is 21.7. The van der Waals surface area contributed by atoms with Crippen LogP contribution >= 0.6 is 0 Å². The molecule has 0 saturated carbocycles. The fraction of sp³-hybridized carbons (Fsp3) is 0.0562. The van der Waals surface area contributed by atoms with Crippen molar-refractivity contribution in [1.82, 2.24) is 23.3 Å². The van der Waals surface area contributed by atoms with Crippen molar-refractivity contribution >= 4 is 87.2 Å². The van der Waals surface area contributed by atoms with Gasteiger partial charge in [0.15, 0.2) is 0 Å². The Bertz CT molecular complexity index is 6050. The average Bonchev–Trinajstić information content (AvgIpc) is 1.42. The Morgan fingerprint density at radius 1 is 0.274 bits per heavy atom. The van der Waals surface area contributed by atoms with Crippen LogP contribution in [0.15, 0.2) is 285 Å². The summed E-state index contributed by atoms with van der Waals surface area (Å²) in [5.41, 5.74) is 28.0. The van der Waals surface area contributed by atoms with Gasteiger partial charge in [0.05, 0.1) is 66.8 Å². The number of nitriles is 1. The number of rotatable bonds is 9. The van der Waals surface area contributed by atoms with E-state index in [0.717, 1.165) is 144 Å². The third kappa shape index (κ3) is 8.60. The number of aromatic nitrogens is 5. The van der Waals surface area contributed by atoms with Gasteiger partial charge in [-0.2, -0.15) is 5.26 Å². The van der Waals surface area contributed by atoms with E-state index in [1.165, 1.54) is 43.8 Å². The van der Waals surface area contributed by atoms with Gasteiger partial charge in [0, 0.05) is 88.0 Å². The predicted molar refractivity (Wildman–Crippen MR) is 397 cm³/mol. The standard InChI is InChI=1S/C89H62N6/c1-54-33-45-81-69(49-54)70-50-55(2)34-46-82(70)92(81)61-41-37-59(38-42-61)85-86(60-39-43-62(44-40-60)93-83-47-35-56(3)51-71(83)72-52-57(4)36-48-84(72)93)89(68-25-11-17-32-80(68)95-77-29-14-8-22-65(77)66-23-9-15-30-78(66)95)88(74-26-18-19-58(5)91-74)73(53-90)87(85)67-24-10-16-31-79(67)94-75-27-12-6-20-63(75)64-21-7-13-28-76(64)94/h6-52H,1-5H3. The maximum atomic E-state index is 12.9. The summed E-state index contributed by atoms with van der Waals surface area (Å²) in [5, 5.41) is 22.4. The summed E-state index contributed by atoms with van der Waals surface area (Å²) in [5.74, 6) is 0. The van der Waals surface area contributed by atoms with Crippen LogP contribution in [0.25, 0.3) is 166 Å². The van der Waals surface area contributed by atoms with Crippen LogP contribution in [0.2, 0.25) is 0 Å². The Morgan fingerprint density at radius 2 is 0.611 bits per heavy atom. The van der Waals surface area contributed by atoms with Crippen LogP contribution < -0.4 is 0 Å². The molecule has 0 saturated heterocycles. The van der Waals surface area contributed by atoms with Crippen molar-refractivity contribution in [2.75, 3.05) is 0 Å². The minimum Gasteiger partial charge on any atom is -0.309 e. The Morgan fingerprint density at radius 3 is 0.989 bits per heavy atom. The summed E-state index contributed by atoms with van der Waals surface area (Å²) in [6.07, 6.45) is 0. The zero-order valence-electron chi connectivity index (χ0n) is 53.3. The summed E-state index contributed by atoms with van der Waals surface area (Å²) in [7, 11) is 0. The number of benzene rings is 13. The predicted octanol–water partition coefficient (Wildman–Crippen LogP) is 23.2. The Kier molecular flexibility index (Phi) is 12.7. The highest BCUT2D eigenvalue weighted by Gasteiger charge is 2.33. The van der Waals surface area contributed by atoms with Crippen LogP contribution in [0.3, 0.4) is 0 Å². The molecule has 13 aromatic carbocycles. The molecule has 0 unspecified atom stereocenters. The third-order valence-electron chi connectivity index (χ3n) is 19.7. The fourth-order valence-electron chi connectivity index (χ4n) is 15.7. The number of pyridine rings is 1. The van der Waals surface area contributed by atoms with Crippen LogP contribution in [0, 0.1) is 45.9 Å². The van der Waals surface area contributed by atoms with Gasteiger partial charge in [0.2, 0.25) is 0 Å². The van der Waals surface area contributed by atoms with Crippen molar-refractivity contribution in [2.24, 2.45) is 0 Å². The number of nitrogens with zero attached hydrogens (tertiary/aromatic N) is 6.